The highest BCUT2D eigenvalue weighted by Gasteiger charge is 2.12. The minimum atomic E-state index is -0.305. The second kappa shape index (κ2) is 6.00. The molecule has 116 valence electrons. The third-order valence-electron chi connectivity index (χ3n) is 3.50. The Morgan fingerprint density at radius 2 is 2.00 bits per heavy atom. The van der Waals surface area contributed by atoms with Crippen LogP contribution < -0.4 is 10.9 Å². The fourth-order valence-electron chi connectivity index (χ4n) is 2.41. The minimum Gasteiger partial charge on any atom is -0.309 e. The Kier molecular flexibility index (Phi) is 3.89. The lowest BCUT2D eigenvalue weighted by Crippen LogP contribution is -2.30. The van der Waals surface area contributed by atoms with Crippen LogP contribution in [0.25, 0.3) is 11.0 Å². The number of amides is 1. The summed E-state index contributed by atoms with van der Waals surface area (Å²) in [5.74, 6) is 0.166. The van der Waals surface area contributed by atoms with Gasteiger partial charge in [-0.2, -0.15) is 0 Å². The standard InChI is InChI=1S/C17H16N4O2/c1-11-7-8-18-15(9-11)20-16(22)10-21-14-6-4-3-5-13(14)19-12(2)17(21)23/h3-9H,10H2,1-2H3,(H,18,20,22). The number of para-hydroxylation sites is 2. The van der Waals surface area contributed by atoms with Gasteiger partial charge in [-0.1, -0.05) is 12.1 Å². The van der Waals surface area contributed by atoms with Crippen LogP contribution in [-0.2, 0) is 11.3 Å². The number of fused-ring (bicyclic) bond motifs is 1. The molecule has 0 aliphatic carbocycles. The van der Waals surface area contributed by atoms with Crippen molar-refractivity contribution in [3.05, 3.63) is 64.2 Å². The van der Waals surface area contributed by atoms with E-state index in [2.05, 4.69) is 15.3 Å². The number of rotatable bonds is 3. The van der Waals surface area contributed by atoms with E-state index in [1.807, 2.05) is 31.2 Å². The molecule has 3 aromatic rings. The molecule has 1 N–H and O–H groups in total. The normalized spacial score (nSPS) is 10.7. The summed E-state index contributed by atoms with van der Waals surface area (Å²) in [6.07, 6.45) is 1.63. The first-order chi connectivity index (χ1) is 11.0. The second-order valence-corrected chi connectivity index (χ2v) is 5.34. The van der Waals surface area contributed by atoms with Gasteiger partial charge in [0.25, 0.3) is 5.56 Å². The number of aryl methyl sites for hydroxylation is 2. The molecule has 2 aromatic heterocycles. The number of anilines is 1. The van der Waals surface area contributed by atoms with Crippen LogP contribution in [0.2, 0.25) is 0 Å². The van der Waals surface area contributed by atoms with Crippen LogP contribution in [0.3, 0.4) is 0 Å². The SMILES string of the molecule is Cc1ccnc(NC(=O)Cn2c(=O)c(C)nc3ccccc32)c1. The van der Waals surface area contributed by atoms with Crippen molar-refractivity contribution >= 4 is 22.8 Å². The number of hydrogen-bond donors (Lipinski definition) is 1. The molecule has 6 heteroatoms. The number of hydrogen-bond acceptors (Lipinski definition) is 4. The van der Waals surface area contributed by atoms with E-state index in [-0.39, 0.29) is 18.0 Å². The fraction of sp³-hybridized carbons (Fsp3) is 0.176. The van der Waals surface area contributed by atoms with Crippen LogP contribution in [0, 0.1) is 13.8 Å². The zero-order valence-electron chi connectivity index (χ0n) is 12.9. The van der Waals surface area contributed by atoms with E-state index < -0.39 is 0 Å². The fourth-order valence-corrected chi connectivity index (χ4v) is 2.41. The van der Waals surface area contributed by atoms with Gasteiger partial charge >= 0.3 is 0 Å². The molecule has 2 heterocycles. The molecule has 3 rings (SSSR count). The topological polar surface area (TPSA) is 76.9 Å². The summed E-state index contributed by atoms with van der Waals surface area (Å²) in [5.41, 5.74) is 2.42. The Balaban J connectivity index is 1.93. The van der Waals surface area contributed by atoms with Crippen LogP contribution in [0.1, 0.15) is 11.3 Å². The van der Waals surface area contributed by atoms with Gasteiger partial charge in [-0.3, -0.25) is 14.2 Å². The lowest BCUT2D eigenvalue weighted by Gasteiger charge is -2.11. The molecule has 1 amide bonds. The number of carbonyl (C=O) groups is 1. The average Bonchev–Trinajstić information content (AvgIpc) is 2.52. The number of nitrogens with zero attached hydrogens (tertiary/aromatic N) is 3. The highest BCUT2D eigenvalue weighted by Crippen LogP contribution is 2.10. The molecule has 0 spiro atoms. The van der Waals surface area contributed by atoms with Crippen LogP contribution >= 0.6 is 0 Å². The Morgan fingerprint density at radius 1 is 1.22 bits per heavy atom. The highest BCUT2D eigenvalue weighted by molar-refractivity contribution is 5.90. The number of aromatic nitrogens is 3. The molecule has 0 bridgehead atoms. The van der Waals surface area contributed by atoms with E-state index in [9.17, 15) is 9.59 Å². The van der Waals surface area contributed by atoms with E-state index in [0.29, 0.717) is 22.5 Å². The molecule has 0 atom stereocenters. The first kappa shape index (κ1) is 14.9. The van der Waals surface area contributed by atoms with Gasteiger partial charge < -0.3 is 5.32 Å². The molecule has 0 aliphatic heterocycles. The van der Waals surface area contributed by atoms with Crippen LogP contribution in [-0.4, -0.2) is 20.4 Å². The second-order valence-electron chi connectivity index (χ2n) is 5.34. The summed E-state index contributed by atoms with van der Waals surface area (Å²) in [5, 5.41) is 2.71. The monoisotopic (exact) mass is 308 g/mol. The van der Waals surface area contributed by atoms with Crippen LogP contribution in [0.15, 0.2) is 47.4 Å². The molecular weight excluding hydrogens is 292 g/mol. The Labute approximate surface area is 132 Å². The summed E-state index contributed by atoms with van der Waals surface area (Å²) in [4.78, 5) is 33.0. The average molecular weight is 308 g/mol. The first-order valence-electron chi connectivity index (χ1n) is 7.23. The van der Waals surface area contributed by atoms with E-state index in [4.69, 9.17) is 0 Å². The minimum absolute atomic E-state index is 0.0850. The van der Waals surface area contributed by atoms with Crippen molar-refractivity contribution in [3.8, 4) is 0 Å². The van der Waals surface area contributed by atoms with E-state index >= 15 is 0 Å². The Bertz CT molecular complexity index is 947. The van der Waals surface area contributed by atoms with Crippen molar-refractivity contribution in [2.45, 2.75) is 20.4 Å². The lowest BCUT2D eigenvalue weighted by molar-refractivity contribution is -0.116. The zero-order valence-corrected chi connectivity index (χ0v) is 12.9. The molecule has 0 fully saturated rings. The molecule has 6 nitrogen and oxygen atoms in total. The summed E-state index contributed by atoms with van der Waals surface area (Å²) < 4.78 is 1.43. The smallest absolute Gasteiger partial charge is 0.272 e. The summed E-state index contributed by atoms with van der Waals surface area (Å²) in [6, 6.07) is 10.9. The predicted octanol–water partition coefficient (Wildman–Crippen LogP) is 2.05. The van der Waals surface area contributed by atoms with Gasteiger partial charge in [0.2, 0.25) is 5.91 Å². The number of benzene rings is 1. The van der Waals surface area contributed by atoms with Crippen LogP contribution in [0.4, 0.5) is 5.82 Å². The first-order valence-corrected chi connectivity index (χ1v) is 7.23. The lowest BCUT2D eigenvalue weighted by atomic mass is 10.2. The molecule has 0 unspecified atom stereocenters. The molecule has 0 saturated heterocycles. The quantitative estimate of drug-likeness (QED) is 0.803. The molecular formula is C17H16N4O2. The van der Waals surface area contributed by atoms with E-state index in [1.165, 1.54) is 4.57 Å². The predicted molar refractivity (Wildman–Crippen MR) is 88.3 cm³/mol. The molecule has 1 aromatic carbocycles. The van der Waals surface area contributed by atoms with Gasteiger partial charge in [-0.15, -0.1) is 0 Å². The Morgan fingerprint density at radius 3 is 2.78 bits per heavy atom. The van der Waals surface area contributed by atoms with Gasteiger partial charge in [0.05, 0.1) is 11.0 Å². The highest BCUT2D eigenvalue weighted by atomic mass is 16.2. The summed E-state index contributed by atoms with van der Waals surface area (Å²) >= 11 is 0. The number of carbonyl (C=O) groups excluding carboxylic acids is 1. The molecule has 0 aliphatic rings. The van der Waals surface area contributed by atoms with Gasteiger partial charge in [0.1, 0.15) is 18.1 Å². The van der Waals surface area contributed by atoms with Crippen molar-refractivity contribution in [2.24, 2.45) is 0 Å². The van der Waals surface area contributed by atoms with Crippen molar-refractivity contribution in [1.82, 2.24) is 14.5 Å². The van der Waals surface area contributed by atoms with Gasteiger partial charge in [-0.05, 0) is 43.7 Å². The number of pyridine rings is 1. The molecule has 23 heavy (non-hydrogen) atoms. The number of nitrogens with one attached hydrogen (secondary N) is 1. The van der Waals surface area contributed by atoms with Gasteiger partial charge in [0.15, 0.2) is 0 Å². The van der Waals surface area contributed by atoms with E-state index in [0.717, 1.165) is 5.56 Å². The molecule has 0 saturated carbocycles. The van der Waals surface area contributed by atoms with Gasteiger partial charge in [-0.25, -0.2) is 9.97 Å². The summed E-state index contributed by atoms with van der Waals surface area (Å²) in [6.45, 7) is 3.48. The van der Waals surface area contributed by atoms with Crippen molar-refractivity contribution in [1.29, 1.82) is 0 Å². The maximum absolute atomic E-state index is 12.3. The van der Waals surface area contributed by atoms with Crippen molar-refractivity contribution in [2.75, 3.05) is 5.32 Å². The van der Waals surface area contributed by atoms with Gasteiger partial charge in [0, 0.05) is 6.20 Å². The zero-order chi connectivity index (χ0) is 16.4. The third kappa shape index (κ3) is 3.11. The third-order valence-corrected chi connectivity index (χ3v) is 3.50. The van der Waals surface area contributed by atoms with Crippen molar-refractivity contribution in [3.63, 3.8) is 0 Å². The maximum atomic E-state index is 12.3. The van der Waals surface area contributed by atoms with Crippen LogP contribution in [0.5, 0.6) is 0 Å². The summed E-state index contributed by atoms with van der Waals surface area (Å²) in [7, 11) is 0. The van der Waals surface area contributed by atoms with E-state index in [1.54, 1.807) is 25.3 Å². The van der Waals surface area contributed by atoms with Crippen molar-refractivity contribution < 1.29 is 4.79 Å². The maximum Gasteiger partial charge on any atom is 0.272 e. The molecule has 0 radical (unpaired) electrons. The Hall–Kier alpha value is -3.02. The largest absolute Gasteiger partial charge is 0.309 e.